The van der Waals surface area contributed by atoms with Crippen LogP contribution in [0.4, 0.5) is 0 Å². The number of hydrogen-bond donors (Lipinski definition) is 0. The van der Waals surface area contributed by atoms with Crippen LogP contribution in [-0.4, -0.2) is 33.5 Å². The molecule has 1 unspecified atom stereocenters. The number of hydrogen-bond acceptors (Lipinski definition) is 4. The number of methoxy groups -OCH3 is 2. The first-order chi connectivity index (χ1) is 12.0. The molecular formula is C18H20BrNO4S. The fourth-order valence-corrected chi connectivity index (χ4v) is 5.86. The zero-order valence-electron chi connectivity index (χ0n) is 14.1. The van der Waals surface area contributed by atoms with E-state index in [0.717, 1.165) is 18.4 Å². The third-order valence-corrected chi connectivity index (χ3v) is 7.34. The van der Waals surface area contributed by atoms with Crippen LogP contribution in [0, 0.1) is 0 Å². The van der Waals surface area contributed by atoms with Gasteiger partial charge in [0.05, 0.1) is 25.2 Å². The first-order valence-corrected chi connectivity index (χ1v) is 10.2. The predicted molar refractivity (Wildman–Crippen MR) is 99.6 cm³/mol. The number of sulfonamides is 1. The molecular weight excluding hydrogens is 406 g/mol. The van der Waals surface area contributed by atoms with E-state index in [9.17, 15) is 8.42 Å². The van der Waals surface area contributed by atoms with E-state index in [1.165, 1.54) is 0 Å². The van der Waals surface area contributed by atoms with Gasteiger partial charge in [-0.25, -0.2) is 8.42 Å². The van der Waals surface area contributed by atoms with Gasteiger partial charge in [0, 0.05) is 16.6 Å². The van der Waals surface area contributed by atoms with Crippen molar-refractivity contribution < 1.29 is 17.9 Å². The van der Waals surface area contributed by atoms with Crippen LogP contribution < -0.4 is 9.47 Å². The lowest BCUT2D eigenvalue weighted by atomic mass is 10.0. The van der Waals surface area contributed by atoms with Gasteiger partial charge in [-0.15, -0.1) is 0 Å². The maximum atomic E-state index is 13.2. The van der Waals surface area contributed by atoms with Crippen LogP contribution >= 0.6 is 15.9 Å². The Morgan fingerprint density at radius 3 is 2.56 bits per heavy atom. The maximum absolute atomic E-state index is 13.2. The van der Waals surface area contributed by atoms with Gasteiger partial charge in [0.1, 0.15) is 11.5 Å². The van der Waals surface area contributed by atoms with Gasteiger partial charge in [-0.05, 0) is 59.1 Å². The Kier molecular flexibility index (Phi) is 5.36. The van der Waals surface area contributed by atoms with Crippen molar-refractivity contribution in [2.24, 2.45) is 0 Å². The van der Waals surface area contributed by atoms with Gasteiger partial charge >= 0.3 is 0 Å². The lowest BCUT2D eigenvalue weighted by molar-refractivity contribution is 0.361. The summed E-state index contributed by atoms with van der Waals surface area (Å²) in [5.74, 6) is 1.35. The van der Waals surface area contributed by atoms with Crippen molar-refractivity contribution in [3.63, 3.8) is 0 Å². The van der Waals surface area contributed by atoms with Crippen molar-refractivity contribution in [2.45, 2.75) is 23.8 Å². The Balaban J connectivity index is 2.06. The first kappa shape index (κ1) is 18.2. The number of halogens is 1. The van der Waals surface area contributed by atoms with Crippen molar-refractivity contribution in [1.82, 2.24) is 4.31 Å². The van der Waals surface area contributed by atoms with E-state index >= 15 is 0 Å². The van der Waals surface area contributed by atoms with Crippen LogP contribution in [0.2, 0.25) is 0 Å². The van der Waals surface area contributed by atoms with Gasteiger partial charge in [0.25, 0.3) is 0 Å². The summed E-state index contributed by atoms with van der Waals surface area (Å²) in [7, 11) is -0.438. The molecule has 0 bridgehead atoms. The van der Waals surface area contributed by atoms with E-state index in [2.05, 4.69) is 15.9 Å². The third-order valence-electron chi connectivity index (χ3n) is 4.42. The molecule has 1 saturated heterocycles. The molecule has 0 spiro atoms. The summed E-state index contributed by atoms with van der Waals surface area (Å²) in [6.45, 7) is 0.481. The summed E-state index contributed by atoms with van der Waals surface area (Å²) in [4.78, 5) is 0.281. The van der Waals surface area contributed by atoms with Gasteiger partial charge in [-0.2, -0.15) is 4.31 Å². The molecule has 1 fully saturated rings. The molecule has 0 amide bonds. The average Bonchev–Trinajstić information content (AvgIpc) is 3.11. The van der Waals surface area contributed by atoms with Gasteiger partial charge < -0.3 is 9.47 Å². The number of ether oxygens (including phenoxy) is 2. The molecule has 0 N–H and O–H groups in total. The molecule has 3 rings (SSSR count). The summed E-state index contributed by atoms with van der Waals surface area (Å²) >= 11 is 3.36. The molecule has 1 atom stereocenters. The Labute approximate surface area is 156 Å². The molecule has 25 heavy (non-hydrogen) atoms. The van der Waals surface area contributed by atoms with E-state index < -0.39 is 10.0 Å². The Hall–Kier alpha value is -1.57. The Morgan fingerprint density at radius 2 is 1.88 bits per heavy atom. The third kappa shape index (κ3) is 3.41. The first-order valence-electron chi connectivity index (χ1n) is 7.97. The van der Waals surface area contributed by atoms with Crippen LogP contribution in [-0.2, 0) is 10.0 Å². The SMILES string of the molecule is COc1ccc(OC)c(C2CCCN2S(=O)(=O)c2ccccc2Br)c1. The second-order valence-corrected chi connectivity index (χ2v) is 8.53. The lowest BCUT2D eigenvalue weighted by Crippen LogP contribution is -2.31. The summed E-state index contributed by atoms with van der Waals surface area (Å²) < 4.78 is 39.3. The molecule has 1 aliphatic rings. The molecule has 0 saturated carbocycles. The Morgan fingerprint density at radius 1 is 1.12 bits per heavy atom. The lowest BCUT2D eigenvalue weighted by Gasteiger charge is -2.26. The van der Waals surface area contributed by atoms with E-state index in [-0.39, 0.29) is 10.9 Å². The minimum atomic E-state index is -3.62. The van der Waals surface area contributed by atoms with Gasteiger partial charge in [-0.1, -0.05) is 12.1 Å². The molecule has 7 heteroatoms. The molecule has 0 aliphatic carbocycles. The summed E-state index contributed by atoms with van der Waals surface area (Å²) in [6, 6.07) is 12.1. The van der Waals surface area contributed by atoms with Gasteiger partial charge in [-0.3, -0.25) is 0 Å². The minimum Gasteiger partial charge on any atom is -0.497 e. The van der Waals surface area contributed by atoms with Crippen LogP contribution in [0.3, 0.4) is 0 Å². The zero-order valence-corrected chi connectivity index (χ0v) is 16.5. The van der Waals surface area contributed by atoms with Gasteiger partial charge in [0.15, 0.2) is 0 Å². The average molecular weight is 426 g/mol. The minimum absolute atomic E-state index is 0.276. The molecule has 134 valence electrons. The predicted octanol–water partition coefficient (Wildman–Crippen LogP) is 3.99. The maximum Gasteiger partial charge on any atom is 0.244 e. The molecule has 0 radical (unpaired) electrons. The fourth-order valence-electron chi connectivity index (χ4n) is 3.22. The quantitative estimate of drug-likeness (QED) is 0.726. The van der Waals surface area contributed by atoms with Crippen LogP contribution in [0.1, 0.15) is 24.4 Å². The summed E-state index contributed by atoms with van der Waals surface area (Å²) in [6.07, 6.45) is 1.54. The van der Waals surface area contributed by atoms with Crippen molar-refractivity contribution in [2.75, 3.05) is 20.8 Å². The molecule has 0 aromatic heterocycles. The number of benzene rings is 2. The normalized spacial score (nSPS) is 18.3. The van der Waals surface area contributed by atoms with Crippen LogP contribution in [0.25, 0.3) is 0 Å². The smallest absolute Gasteiger partial charge is 0.244 e. The van der Waals surface area contributed by atoms with Crippen molar-refractivity contribution >= 4 is 26.0 Å². The van der Waals surface area contributed by atoms with E-state index in [1.54, 1.807) is 42.8 Å². The molecule has 1 heterocycles. The molecule has 2 aromatic rings. The van der Waals surface area contributed by atoms with Crippen molar-refractivity contribution in [3.8, 4) is 11.5 Å². The van der Waals surface area contributed by atoms with Crippen molar-refractivity contribution in [3.05, 3.63) is 52.5 Å². The second-order valence-electron chi connectivity index (χ2n) is 5.81. The summed E-state index contributed by atoms with van der Waals surface area (Å²) in [5, 5.41) is 0. The molecule has 2 aromatic carbocycles. The van der Waals surface area contributed by atoms with E-state index in [1.807, 2.05) is 18.2 Å². The number of nitrogens with zero attached hydrogens (tertiary/aromatic N) is 1. The fraction of sp³-hybridized carbons (Fsp3) is 0.333. The molecule has 1 aliphatic heterocycles. The van der Waals surface area contributed by atoms with Crippen LogP contribution in [0.15, 0.2) is 51.8 Å². The van der Waals surface area contributed by atoms with E-state index in [4.69, 9.17) is 9.47 Å². The Bertz CT molecular complexity index is 869. The highest BCUT2D eigenvalue weighted by atomic mass is 79.9. The van der Waals surface area contributed by atoms with Crippen LogP contribution in [0.5, 0.6) is 11.5 Å². The number of rotatable bonds is 5. The largest absolute Gasteiger partial charge is 0.497 e. The monoisotopic (exact) mass is 425 g/mol. The highest BCUT2D eigenvalue weighted by Gasteiger charge is 2.38. The molecule has 5 nitrogen and oxygen atoms in total. The van der Waals surface area contributed by atoms with Crippen molar-refractivity contribution in [1.29, 1.82) is 0 Å². The second kappa shape index (κ2) is 7.35. The zero-order chi connectivity index (χ0) is 18.0. The summed E-state index contributed by atoms with van der Waals surface area (Å²) in [5.41, 5.74) is 0.829. The standard InChI is InChI=1S/C18H20BrNO4S/c1-23-13-9-10-17(24-2)14(12-13)16-7-5-11-20(16)25(21,22)18-8-4-3-6-15(18)19/h3-4,6,8-10,12,16H,5,7,11H2,1-2H3. The highest BCUT2D eigenvalue weighted by molar-refractivity contribution is 9.10. The van der Waals surface area contributed by atoms with E-state index in [0.29, 0.717) is 22.5 Å². The highest BCUT2D eigenvalue weighted by Crippen LogP contribution is 2.42. The topological polar surface area (TPSA) is 55.8 Å². The van der Waals surface area contributed by atoms with Gasteiger partial charge in [0.2, 0.25) is 10.0 Å².